The second kappa shape index (κ2) is 5.83. The summed E-state index contributed by atoms with van der Waals surface area (Å²) in [6.07, 6.45) is 2.51. The lowest BCUT2D eigenvalue weighted by Crippen LogP contribution is -2.37. The fraction of sp³-hybridized carbons (Fsp3) is 1.00. The van der Waals surface area contributed by atoms with Crippen molar-refractivity contribution in [3.05, 3.63) is 0 Å². The number of ether oxygens (including phenoxy) is 1. The van der Waals surface area contributed by atoms with Gasteiger partial charge < -0.3 is 14.9 Å². The average molecular weight is 216 g/mol. The first kappa shape index (κ1) is 12.9. The standard InChI is InChI=1S/C12H24O3/c1-8(2)10-5-4-9(3)6-11(10)15-12(14)7-13/h8-14H,4-7H2,1-3H3. The molecule has 90 valence electrons. The second-order valence-corrected chi connectivity index (χ2v) is 5.14. The highest BCUT2D eigenvalue weighted by atomic mass is 16.6. The molecule has 0 bridgehead atoms. The number of rotatable bonds is 4. The molecule has 0 aromatic carbocycles. The molecule has 1 rings (SSSR count). The van der Waals surface area contributed by atoms with Gasteiger partial charge in [0.25, 0.3) is 0 Å². The monoisotopic (exact) mass is 216 g/mol. The van der Waals surface area contributed by atoms with E-state index in [1.165, 1.54) is 12.8 Å². The highest BCUT2D eigenvalue weighted by Crippen LogP contribution is 2.35. The molecule has 3 nitrogen and oxygen atoms in total. The van der Waals surface area contributed by atoms with E-state index in [-0.39, 0.29) is 12.7 Å². The molecule has 1 fully saturated rings. The Bertz CT molecular complexity index is 182. The summed E-state index contributed by atoms with van der Waals surface area (Å²) in [5.74, 6) is 1.76. The van der Waals surface area contributed by atoms with Crippen LogP contribution in [0.5, 0.6) is 0 Å². The summed E-state index contributed by atoms with van der Waals surface area (Å²) in [4.78, 5) is 0. The molecule has 0 aromatic heterocycles. The highest BCUT2D eigenvalue weighted by Gasteiger charge is 2.32. The van der Waals surface area contributed by atoms with Crippen LogP contribution in [0.4, 0.5) is 0 Å². The van der Waals surface area contributed by atoms with E-state index in [9.17, 15) is 5.11 Å². The van der Waals surface area contributed by atoms with Crippen LogP contribution in [0.1, 0.15) is 40.0 Å². The minimum absolute atomic E-state index is 0.107. The van der Waals surface area contributed by atoms with Crippen LogP contribution in [0.3, 0.4) is 0 Å². The van der Waals surface area contributed by atoms with Gasteiger partial charge in [0.05, 0.1) is 12.7 Å². The summed E-state index contributed by atoms with van der Waals surface area (Å²) in [7, 11) is 0. The van der Waals surface area contributed by atoms with Crippen LogP contribution in [0.15, 0.2) is 0 Å². The van der Waals surface area contributed by atoms with Crippen LogP contribution in [-0.4, -0.2) is 29.2 Å². The molecule has 0 heterocycles. The lowest BCUT2D eigenvalue weighted by Gasteiger charge is -2.37. The van der Waals surface area contributed by atoms with Gasteiger partial charge in [-0.3, -0.25) is 0 Å². The zero-order valence-corrected chi connectivity index (χ0v) is 10.0. The van der Waals surface area contributed by atoms with Crippen molar-refractivity contribution in [3.63, 3.8) is 0 Å². The summed E-state index contributed by atoms with van der Waals surface area (Å²) in [5.41, 5.74) is 0. The van der Waals surface area contributed by atoms with E-state index in [1.807, 2.05) is 0 Å². The van der Waals surface area contributed by atoms with Crippen molar-refractivity contribution in [2.24, 2.45) is 17.8 Å². The zero-order chi connectivity index (χ0) is 11.4. The Hall–Kier alpha value is -0.120. The number of aliphatic hydroxyl groups is 2. The first-order valence-corrected chi connectivity index (χ1v) is 5.99. The van der Waals surface area contributed by atoms with Crippen LogP contribution in [0.2, 0.25) is 0 Å². The van der Waals surface area contributed by atoms with E-state index in [1.54, 1.807) is 0 Å². The minimum Gasteiger partial charge on any atom is -0.391 e. The van der Waals surface area contributed by atoms with Gasteiger partial charge in [0.2, 0.25) is 0 Å². The van der Waals surface area contributed by atoms with Gasteiger partial charge in [0.15, 0.2) is 6.29 Å². The van der Waals surface area contributed by atoms with Crippen molar-refractivity contribution >= 4 is 0 Å². The summed E-state index contributed by atoms with van der Waals surface area (Å²) in [5, 5.41) is 18.1. The SMILES string of the molecule is CC1CCC(C(C)C)C(OC(O)CO)C1. The van der Waals surface area contributed by atoms with Crippen molar-refractivity contribution in [3.8, 4) is 0 Å². The van der Waals surface area contributed by atoms with Gasteiger partial charge in [-0.1, -0.05) is 27.2 Å². The quantitative estimate of drug-likeness (QED) is 0.704. The Labute approximate surface area is 92.4 Å². The third kappa shape index (κ3) is 3.74. The molecule has 3 heteroatoms. The van der Waals surface area contributed by atoms with Crippen molar-refractivity contribution in [1.82, 2.24) is 0 Å². The maximum absolute atomic E-state index is 9.32. The third-order valence-electron chi connectivity index (χ3n) is 3.45. The van der Waals surface area contributed by atoms with Gasteiger partial charge >= 0.3 is 0 Å². The van der Waals surface area contributed by atoms with Gasteiger partial charge in [-0.15, -0.1) is 0 Å². The average Bonchev–Trinajstić information content (AvgIpc) is 2.17. The summed E-state index contributed by atoms with van der Waals surface area (Å²) >= 11 is 0. The van der Waals surface area contributed by atoms with Crippen molar-refractivity contribution in [1.29, 1.82) is 0 Å². The Morgan fingerprint density at radius 1 is 1.33 bits per heavy atom. The molecule has 1 aliphatic carbocycles. The Morgan fingerprint density at radius 2 is 2.00 bits per heavy atom. The molecule has 0 aromatic rings. The van der Waals surface area contributed by atoms with Gasteiger partial charge in [-0.2, -0.15) is 0 Å². The molecular weight excluding hydrogens is 192 g/mol. The molecular formula is C12H24O3. The van der Waals surface area contributed by atoms with Crippen molar-refractivity contribution in [2.45, 2.75) is 52.4 Å². The Kier molecular flexibility index (Phi) is 5.03. The summed E-state index contributed by atoms with van der Waals surface area (Å²) in [6.45, 7) is 6.30. The Balaban J connectivity index is 2.54. The van der Waals surface area contributed by atoms with Crippen LogP contribution in [0.25, 0.3) is 0 Å². The van der Waals surface area contributed by atoms with Gasteiger partial charge in [0.1, 0.15) is 0 Å². The molecule has 15 heavy (non-hydrogen) atoms. The van der Waals surface area contributed by atoms with Crippen LogP contribution in [0, 0.1) is 17.8 Å². The smallest absolute Gasteiger partial charge is 0.178 e. The molecule has 4 atom stereocenters. The van der Waals surface area contributed by atoms with Crippen molar-refractivity contribution in [2.75, 3.05) is 6.61 Å². The lowest BCUT2D eigenvalue weighted by atomic mass is 9.75. The third-order valence-corrected chi connectivity index (χ3v) is 3.45. The second-order valence-electron chi connectivity index (χ2n) is 5.14. The summed E-state index contributed by atoms with van der Waals surface area (Å²) < 4.78 is 5.49. The van der Waals surface area contributed by atoms with Gasteiger partial charge in [0, 0.05) is 0 Å². The van der Waals surface area contributed by atoms with Crippen LogP contribution < -0.4 is 0 Å². The molecule has 1 saturated carbocycles. The lowest BCUT2D eigenvalue weighted by molar-refractivity contribution is -0.184. The van der Waals surface area contributed by atoms with E-state index in [0.29, 0.717) is 17.8 Å². The van der Waals surface area contributed by atoms with E-state index in [4.69, 9.17) is 9.84 Å². The van der Waals surface area contributed by atoms with E-state index in [0.717, 1.165) is 6.42 Å². The van der Waals surface area contributed by atoms with Crippen LogP contribution in [-0.2, 0) is 4.74 Å². The van der Waals surface area contributed by atoms with Crippen molar-refractivity contribution < 1.29 is 14.9 Å². The molecule has 1 aliphatic rings. The van der Waals surface area contributed by atoms with E-state index < -0.39 is 6.29 Å². The maximum atomic E-state index is 9.32. The highest BCUT2D eigenvalue weighted by molar-refractivity contribution is 4.81. The molecule has 0 saturated heterocycles. The van der Waals surface area contributed by atoms with Gasteiger partial charge in [-0.05, 0) is 30.6 Å². The predicted octanol–water partition coefficient (Wildman–Crippen LogP) is 1.77. The maximum Gasteiger partial charge on any atom is 0.178 e. The molecule has 2 N–H and O–H groups in total. The van der Waals surface area contributed by atoms with Crippen LogP contribution >= 0.6 is 0 Å². The Morgan fingerprint density at radius 3 is 2.53 bits per heavy atom. The topological polar surface area (TPSA) is 49.7 Å². The van der Waals surface area contributed by atoms with Gasteiger partial charge in [-0.25, -0.2) is 0 Å². The predicted molar refractivity (Wildman–Crippen MR) is 59.3 cm³/mol. The minimum atomic E-state index is -1.01. The molecule has 0 spiro atoms. The number of hydrogen-bond acceptors (Lipinski definition) is 3. The number of hydrogen-bond donors (Lipinski definition) is 2. The largest absolute Gasteiger partial charge is 0.391 e. The first-order chi connectivity index (χ1) is 7.04. The molecule has 0 radical (unpaired) electrons. The zero-order valence-electron chi connectivity index (χ0n) is 10.0. The molecule has 0 aliphatic heterocycles. The first-order valence-electron chi connectivity index (χ1n) is 5.99. The normalized spacial score (nSPS) is 34.4. The van der Waals surface area contributed by atoms with E-state index >= 15 is 0 Å². The fourth-order valence-corrected chi connectivity index (χ4v) is 2.52. The fourth-order valence-electron chi connectivity index (χ4n) is 2.52. The number of aliphatic hydroxyl groups excluding tert-OH is 2. The van der Waals surface area contributed by atoms with E-state index in [2.05, 4.69) is 20.8 Å². The molecule has 0 amide bonds. The molecule has 4 unspecified atom stereocenters. The summed E-state index contributed by atoms with van der Waals surface area (Å²) in [6, 6.07) is 0.